The van der Waals surface area contributed by atoms with E-state index in [9.17, 15) is 4.79 Å². The van der Waals surface area contributed by atoms with Gasteiger partial charge in [0.05, 0.1) is 18.0 Å². The highest BCUT2D eigenvalue weighted by molar-refractivity contribution is 6.00. The average molecular weight is 471 g/mol. The number of hydrogen-bond acceptors (Lipinski definition) is 3. The van der Waals surface area contributed by atoms with Crippen molar-refractivity contribution in [2.45, 2.75) is 101 Å². The lowest BCUT2D eigenvalue weighted by Gasteiger charge is -2.10. The van der Waals surface area contributed by atoms with Crippen molar-refractivity contribution < 1.29 is 4.79 Å². The molecule has 0 radical (unpaired) electrons. The first-order chi connectivity index (χ1) is 16.0. The fourth-order valence-electron chi connectivity index (χ4n) is 2.61. The van der Waals surface area contributed by atoms with Gasteiger partial charge in [0.25, 0.3) is 0 Å². The maximum Gasteiger partial charge on any atom is 0.126 e. The van der Waals surface area contributed by atoms with Gasteiger partial charge in [0.1, 0.15) is 5.78 Å². The minimum Gasteiger partial charge on any atom is -0.397 e. The average Bonchev–Trinajstić information content (AvgIpc) is 2.79. The lowest BCUT2D eigenvalue weighted by Crippen LogP contribution is -2.17. The summed E-state index contributed by atoms with van der Waals surface area (Å²) in [5.41, 5.74) is 10.3. The molecule has 1 atom stereocenters. The molecular weight excluding hydrogens is 416 g/mol. The molecule has 0 aliphatic carbocycles. The van der Waals surface area contributed by atoms with Crippen LogP contribution in [0.5, 0.6) is 0 Å². The second-order valence-corrected chi connectivity index (χ2v) is 8.76. The van der Waals surface area contributed by atoms with Crippen LogP contribution in [0.4, 0.5) is 0 Å². The van der Waals surface area contributed by atoms with Crippen LogP contribution in [0.1, 0.15) is 100 Å². The molecule has 1 unspecified atom stereocenters. The van der Waals surface area contributed by atoms with Crippen molar-refractivity contribution in [2.24, 2.45) is 22.6 Å². The lowest BCUT2D eigenvalue weighted by atomic mass is 10.0. The van der Waals surface area contributed by atoms with E-state index >= 15 is 0 Å². The summed E-state index contributed by atoms with van der Waals surface area (Å²) in [4.78, 5) is 14.1. The fraction of sp³-hybridized carbons (Fsp3) is 0.548. The van der Waals surface area contributed by atoms with Crippen molar-refractivity contribution >= 4 is 11.5 Å². The largest absolute Gasteiger partial charge is 0.397 e. The van der Waals surface area contributed by atoms with Crippen LogP contribution in [0.3, 0.4) is 0 Å². The van der Waals surface area contributed by atoms with Crippen LogP contribution in [0, 0.1) is 11.8 Å². The molecule has 0 aromatic heterocycles. The second kappa shape index (κ2) is 25.2. The summed E-state index contributed by atoms with van der Waals surface area (Å²) in [6.07, 6.45) is 11.0. The summed E-state index contributed by atoms with van der Waals surface area (Å²) in [5.74, 6) is 1.40. The molecule has 0 saturated carbocycles. The summed E-state index contributed by atoms with van der Waals surface area (Å²) in [7, 11) is 0. The molecule has 1 rings (SSSR count). The molecule has 0 heterocycles. The van der Waals surface area contributed by atoms with Crippen LogP contribution in [0.15, 0.2) is 71.4 Å². The van der Waals surface area contributed by atoms with Gasteiger partial charge in [0, 0.05) is 0 Å². The van der Waals surface area contributed by atoms with Gasteiger partial charge in [0.15, 0.2) is 0 Å². The van der Waals surface area contributed by atoms with Gasteiger partial charge in [-0.1, -0.05) is 102 Å². The maximum atomic E-state index is 9.44. The third kappa shape index (κ3) is 25.8. The molecule has 0 spiro atoms. The normalized spacial score (nSPS) is 12.0. The molecule has 2 N–H and O–H groups in total. The van der Waals surface area contributed by atoms with Gasteiger partial charge in [-0.15, -0.1) is 6.58 Å². The Bertz CT molecular complexity index is 708. The first-order valence-electron chi connectivity index (χ1n) is 12.8. The van der Waals surface area contributed by atoms with E-state index in [1.54, 1.807) is 0 Å². The number of allylic oxidation sites excluding steroid dienone is 5. The number of rotatable bonds is 10. The molecule has 0 aliphatic heterocycles. The highest BCUT2D eigenvalue weighted by Gasteiger charge is 2.07. The van der Waals surface area contributed by atoms with E-state index < -0.39 is 0 Å². The van der Waals surface area contributed by atoms with Gasteiger partial charge in [-0.3, -0.25) is 4.99 Å². The number of benzene rings is 1. The van der Waals surface area contributed by atoms with Crippen molar-refractivity contribution in [3.8, 4) is 0 Å². The standard InChI is InChI=1S/C16H22N2.C10H20.C3H6O.C2H6/c1-4-5-11-15(17)16(13(2)3)18-12-14-9-7-6-8-10-14;1-5-10(4)8-6-7-9(2)3;1-3(2)4;1-2/h4-11,13H,12,17H2,1-3H3;10H,2,5-8H2,1,3-4H3;1-2H3;1-2H3/b5-4-,15-11+,18-16?;;;. The summed E-state index contributed by atoms with van der Waals surface area (Å²) in [6.45, 7) is 24.5. The number of nitrogens with zero attached hydrogens (tertiary/aromatic N) is 1. The van der Waals surface area contributed by atoms with Crippen LogP contribution in [0.2, 0.25) is 0 Å². The fourth-order valence-corrected chi connectivity index (χ4v) is 2.61. The van der Waals surface area contributed by atoms with Crippen molar-refractivity contribution in [2.75, 3.05) is 0 Å². The van der Waals surface area contributed by atoms with Crippen LogP contribution in [-0.4, -0.2) is 11.5 Å². The molecule has 3 heteroatoms. The van der Waals surface area contributed by atoms with Crippen LogP contribution >= 0.6 is 0 Å². The number of carbonyl (C=O) groups excluding carboxylic acids is 1. The topological polar surface area (TPSA) is 55.4 Å². The Morgan fingerprint density at radius 2 is 1.62 bits per heavy atom. The van der Waals surface area contributed by atoms with E-state index in [4.69, 9.17) is 5.73 Å². The molecule has 3 nitrogen and oxygen atoms in total. The number of aliphatic imine (C=N–C) groups is 1. The third-order valence-corrected chi connectivity index (χ3v) is 4.58. The van der Waals surface area contributed by atoms with Crippen molar-refractivity contribution in [3.63, 3.8) is 0 Å². The van der Waals surface area contributed by atoms with Gasteiger partial charge in [0.2, 0.25) is 0 Å². The Labute approximate surface area is 212 Å². The second-order valence-electron chi connectivity index (χ2n) is 8.76. The number of Topliss-reactive ketones (excluding diaryl/α,β-unsaturated/α-hetero) is 1. The minimum absolute atomic E-state index is 0.167. The smallest absolute Gasteiger partial charge is 0.126 e. The van der Waals surface area contributed by atoms with E-state index in [2.05, 4.69) is 58.3 Å². The summed E-state index contributed by atoms with van der Waals surface area (Å²) < 4.78 is 0. The van der Waals surface area contributed by atoms with E-state index in [0.717, 1.165) is 17.3 Å². The first kappa shape index (κ1) is 36.2. The summed E-state index contributed by atoms with van der Waals surface area (Å²) in [6, 6.07) is 10.2. The molecule has 1 aromatic carbocycles. The molecule has 0 fully saturated rings. The predicted octanol–water partition coefficient (Wildman–Crippen LogP) is 9.10. The SMILES string of the molecule is C/C=C\C=C(\N)C(=NCc1ccccc1)C(C)C.C=C(C)CCCC(C)CC.CC.CC(C)=O. The number of carbonyl (C=O) groups is 1. The van der Waals surface area contributed by atoms with E-state index in [-0.39, 0.29) is 5.78 Å². The summed E-state index contributed by atoms with van der Waals surface area (Å²) in [5, 5.41) is 0. The zero-order chi connectivity index (χ0) is 26.9. The van der Waals surface area contributed by atoms with Gasteiger partial charge < -0.3 is 10.5 Å². The molecule has 0 bridgehead atoms. The highest BCUT2D eigenvalue weighted by atomic mass is 16.1. The molecular formula is C31H54N2O. The van der Waals surface area contributed by atoms with Gasteiger partial charge in [-0.05, 0) is 64.0 Å². The molecule has 34 heavy (non-hydrogen) atoms. The van der Waals surface area contributed by atoms with Crippen LogP contribution < -0.4 is 5.73 Å². The molecule has 0 aliphatic rings. The Kier molecular flexibility index (Phi) is 26.8. The predicted molar refractivity (Wildman–Crippen MR) is 155 cm³/mol. The minimum atomic E-state index is 0.167. The number of hydrogen-bond donors (Lipinski definition) is 1. The van der Waals surface area contributed by atoms with E-state index in [0.29, 0.717) is 12.5 Å². The van der Waals surface area contributed by atoms with E-state index in [1.807, 2.05) is 57.2 Å². The third-order valence-electron chi connectivity index (χ3n) is 4.58. The van der Waals surface area contributed by atoms with Gasteiger partial charge in [-0.25, -0.2) is 0 Å². The monoisotopic (exact) mass is 470 g/mol. The molecule has 0 saturated heterocycles. The van der Waals surface area contributed by atoms with E-state index in [1.165, 1.54) is 50.7 Å². The number of nitrogens with two attached hydrogens (primary N) is 1. The quantitative estimate of drug-likeness (QED) is 0.210. The van der Waals surface area contributed by atoms with Crippen LogP contribution in [-0.2, 0) is 11.3 Å². The number of ketones is 1. The zero-order valence-corrected chi connectivity index (χ0v) is 23.9. The lowest BCUT2D eigenvalue weighted by molar-refractivity contribution is -0.114. The Hall–Kier alpha value is -2.42. The van der Waals surface area contributed by atoms with Crippen molar-refractivity contribution in [1.82, 2.24) is 0 Å². The highest BCUT2D eigenvalue weighted by Crippen LogP contribution is 2.13. The molecule has 1 aromatic rings. The summed E-state index contributed by atoms with van der Waals surface area (Å²) >= 11 is 0. The zero-order valence-electron chi connectivity index (χ0n) is 23.9. The Balaban J connectivity index is -0.000000506. The van der Waals surface area contributed by atoms with Crippen LogP contribution in [0.25, 0.3) is 0 Å². The maximum absolute atomic E-state index is 9.44. The van der Waals surface area contributed by atoms with Crippen molar-refractivity contribution in [1.29, 1.82) is 0 Å². The molecule has 194 valence electrons. The Morgan fingerprint density at radius 3 is 2.03 bits per heavy atom. The van der Waals surface area contributed by atoms with Gasteiger partial charge in [-0.2, -0.15) is 0 Å². The first-order valence-corrected chi connectivity index (χ1v) is 12.8. The van der Waals surface area contributed by atoms with Crippen molar-refractivity contribution in [3.05, 3.63) is 72.0 Å². The van der Waals surface area contributed by atoms with Gasteiger partial charge >= 0.3 is 0 Å². The Morgan fingerprint density at radius 1 is 1.09 bits per heavy atom. The molecule has 0 amide bonds.